The van der Waals surface area contributed by atoms with Crippen molar-refractivity contribution in [3.05, 3.63) is 29.8 Å². The van der Waals surface area contributed by atoms with Crippen molar-refractivity contribution in [2.45, 2.75) is 83.6 Å². The molecular weight excluding hydrogens is 430 g/mol. The zero-order valence-electron chi connectivity index (χ0n) is 19.4. The molecule has 2 rings (SSSR count). The third kappa shape index (κ3) is 6.79. The summed E-state index contributed by atoms with van der Waals surface area (Å²) in [6, 6.07) is 4.12. The molecule has 8 nitrogen and oxygen atoms in total. The van der Waals surface area contributed by atoms with E-state index < -0.39 is 35.6 Å². The number of carbonyl (C=O) groups is 3. The second kappa shape index (κ2) is 10.9. The number of nitrogens with zero attached hydrogens (tertiary/aromatic N) is 1. The van der Waals surface area contributed by atoms with E-state index in [0.717, 1.165) is 19.3 Å². The number of thiol groups is 1. The second-order valence-corrected chi connectivity index (χ2v) is 9.70. The topological polar surface area (TPSA) is 108 Å². The Kier molecular flexibility index (Phi) is 8.83. The van der Waals surface area contributed by atoms with Gasteiger partial charge in [0.15, 0.2) is 0 Å². The summed E-state index contributed by atoms with van der Waals surface area (Å²) in [7, 11) is 0. The van der Waals surface area contributed by atoms with Crippen LogP contribution in [-0.2, 0) is 14.3 Å². The van der Waals surface area contributed by atoms with Crippen LogP contribution in [0.25, 0.3) is 0 Å². The summed E-state index contributed by atoms with van der Waals surface area (Å²) in [6.45, 7) is 8.85. The predicted molar refractivity (Wildman–Crippen MR) is 126 cm³/mol. The van der Waals surface area contributed by atoms with Crippen LogP contribution in [0.2, 0.25) is 0 Å². The van der Waals surface area contributed by atoms with Gasteiger partial charge in [0.25, 0.3) is 0 Å². The number of aromatic hydroxyl groups is 1. The molecule has 0 heterocycles. The Morgan fingerprint density at radius 3 is 2.28 bits per heavy atom. The molecule has 0 saturated heterocycles. The van der Waals surface area contributed by atoms with Crippen molar-refractivity contribution in [1.82, 2.24) is 15.5 Å². The van der Waals surface area contributed by atoms with Gasteiger partial charge < -0.3 is 25.4 Å². The molecule has 0 bridgehead atoms. The molecule has 1 aromatic carbocycles. The second-order valence-electron chi connectivity index (χ2n) is 9.34. The van der Waals surface area contributed by atoms with E-state index >= 15 is 0 Å². The molecule has 0 radical (unpaired) electrons. The van der Waals surface area contributed by atoms with E-state index in [-0.39, 0.29) is 23.6 Å². The van der Waals surface area contributed by atoms with Gasteiger partial charge in [-0.25, -0.2) is 4.79 Å². The Labute approximate surface area is 195 Å². The van der Waals surface area contributed by atoms with Crippen molar-refractivity contribution in [3.8, 4) is 5.75 Å². The number of alkyl carbamates (subject to hydrolysis) is 1. The van der Waals surface area contributed by atoms with Crippen LogP contribution < -0.4 is 10.6 Å². The van der Waals surface area contributed by atoms with Crippen LogP contribution >= 0.6 is 12.6 Å². The number of benzene rings is 1. The molecule has 0 aromatic heterocycles. The highest BCUT2D eigenvalue weighted by molar-refractivity contribution is 7.80. The van der Waals surface area contributed by atoms with E-state index in [1.165, 1.54) is 11.0 Å². The molecule has 9 heteroatoms. The number of carbonyl (C=O) groups excluding carboxylic acids is 3. The molecule has 2 atom stereocenters. The van der Waals surface area contributed by atoms with E-state index in [2.05, 4.69) is 23.3 Å². The van der Waals surface area contributed by atoms with Gasteiger partial charge in [-0.15, -0.1) is 0 Å². The van der Waals surface area contributed by atoms with E-state index in [1.807, 2.05) is 13.8 Å². The number of para-hydroxylation sites is 1. The quantitative estimate of drug-likeness (QED) is 0.441. The van der Waals surface area contributed by atoms with E-state index in [0.29, 0.717) is 5.56 Å². The molecule has 1 saturated carbocycles. The minimum atomic E-state index is -1.04. The minimum Gasteiger partial charge on any atom is -0.508 e. The number of amides is 3. The third-order valence-electron chi connectivity index (χ3n) is 5.08. The molecule has 0 aliphatic heterocycles. The third-order valence-corrected chi connectivity index (χ3v) is 5.45. The highest BCUT2D eigenvalue weighted by Crippen LogP contribution is 2.36. The largest absolute Gasteiger partial charge is 0.508 e. The number of hydrogen-bond donors (Lipinski definition) is 4. The first-order valence-electron chi connectivity index (χ1n) is 11.0. The summed E-state index contributed by atoms with van der Waals surface area (Å²) in [6.07, 6.45) is 1.66. The average Bonchev–Trinajstić information content (AvgIpc) is 2.63. The monoisotopic (exact) mass is 465 g/mol. The van der Waals surface area contributed by atoms with Crippen LogP contribution in [0.15, 0.2) is 24.3 Å². The van der Waals surface area contributed by atoms with Gasteiger partial charge in [0.1, 0.15) is 23.4 Å². The number of phenols is 1. The highest BCUT2D eigenvalue weighted by Gasteiger charge is 2.42. The fourth-order valence-electron chi connectivity index (χ4n) is 3.50. The van der Waals surface area contributed by atoms with Crippen LogP contribution in [0.3, 0.4) is 0 Å². The van der Waals surface area contributed by atoms with Gasteiger partial charge in [-0.3, -0.25) is 9.59 Å². The molecule has 0 spiro atoms. The first-order valence-corrected chi connectivity index (χ1v) is 11.6. The summed E-state index contributed by atoms with van der Waals surface area (Å²) in [5.41, 5.74) is -0.390. The molecule has 32 heavy (non-hydrogen) atoms. The van der Waals surface area contributed by atoms with Crippen molar-refractivity contribution in [2.75, 3.05) is 5.75 Å². The highest BCUT2D eigenvalue weighted by atomic mass is 32.1. The van der Waals surface area contributed by atoms with Crippen LogP contribution in [0.5, 0.6) is 5.75 Å². The Balaban J connectivity index is 2.42. The number of rotatable bonds is 8. The fourth-order valence-corrected chi connectivity index (χ4v) is 3.75. The standard InChI is InChI=1S/C23H35N3O5S/c1-14(2)24-20(28)19(16-11-6-7-12-18(16)27)26(15-9-8-10-15)21(29)17(13-32)25-22(30)31-23(3,4)5/h6-7,11-12,14-15,17,19,27,32H,8-10,13H2,1-5H3,(H,24,28)(H,25,30). The van der Waals surface area contributed by atoms with Crippen molar-refractivity contribution in [1.29, 1.82) is 0 Å². The van der Waals surface area contributed by atoms with Crippen LogP contribution in [0, 0.1) is 0 Å². The Bertz CT molecular complexity index is 820. The number of ether oxygens (including phenoxy) is 1. The van der Waals surface area contributed by atoms with Crippen molar-refractivity contribution in [3.63, 3.8) is 0 Å². The molecule has 3 N–H and O–H groups in total. The summed E-state index contributed by atoms with van der Waals surface area (Å²) in [5.74, 6) is -0.878. The van der Waals surface area contributed by atoms with E-state index in [9.17, 15) is 19.5 Å². The lowest BCUT2D eigenvalue weighted by Crippen LogP contribution is -2.58. The van der Waals surface area contributed by atoms with Gasteiger partial charge in [-0.1, -0.05) is 18.2 Å². The average molecular weight is 466 g/mol. The summed E-state index contributed by atoms with van der Waals surface area (Å²) in [4.78, 5) is 40.8. The number of nitrogens with one attached hydrogen (secondary N) is 2. The summed E-state index contributed by atoms with van der Waals surface area (Å²) >= 11 is 4.27. The van der Waals surface area contributed by atoms with Gasteiger partial charge >= 0.3 is 6.09 Å². The smallest absolute Gasteiger partial charge is 0.408 e. The lowest BCUT2D eigenvalue weighted by atomic mass is 9.88. The maximum absolute atomic E-state index is 13.7. The van der Waals surface area contributed by atoms with Crippen LogP contribution in [0.1, 0.15) is 65.5 Å². The summed E-state index contributed by atoms with van der Waals surface area (Å²) in [5, 5.41) is 16.0. The lowest BCUT2D eigenvalue weighted by Gasteiger charge is -2.43. The van der Waals surface area contributed by atoms with Crippen LogP contribution in [0.4, 0.5) is 4.79 Å². The zero-order valence-corrected chi connectivity index (χ0v) is 20.3. The Morgan fingerprint density at radius 1 is 1.19 bits per heavy atom. The summed E-state index contributed by atoms with van der Waals surface area (Å²) < 4.78 is 5.29. The molecule has 3 amide bonds. The Morgan fingerprint density at radius 2 is 1.81 bits per heavy atom. The van der Waals surface area contributed by atoms with E-state index in [4.69, 9.17) is 4.74 Å². The first-order chi connectivity index (χ1) is 14.9. The first kappa shape index (κ1) is 25.8. The lowest BCUT2D eigenvalue weighted by molar-refractivity contribution is -0.147. The zero-order chi connectivity index (χ0) is 24.1. The molecule has 1 aliphatic carbocycles. The van der Waals surface area contributed by atoms with E-state index in [1.54, 1.807) is 39.0 Å². The van der Waals surface area contributed by atoms with Gasteiger partial charge in [-0.05, 0) is 59.9 Å². The van der Waals surface area contributed by atoms with Crippen molar-refractivity contribution in [2.24, 2.45) is 0 Å². The molecular formula is C23H35N3O5S. The van der Waals surface area contributed by atoms with Gasteiger partial charge in [0.05, 0.1) is 0 Å². The maximum Gasteiger partial charge on any atom is 0.408 e. The normalized spacial score (nSPS) is 16.0. The molecule has 178 valence electrons. The van der Waals surface area contributed by atoms with Crippen molar-refractivity contribution < 1.29 is 24.2 Å². The predicted octanol–water partition coefficient (Wildman–Crippen LogP) is 3.16. The van der Waals surface area contributed by atoms with Gasteiger partial charge in [0, 0.05) is 23.4 Å². The minimum absolute atomic E-state index is 0.0284. The fraction of sp³-hybridized carbons (Fsp3) is 0.609. The molecule has 1 aliphatic rings. The van der Waals surface area contributed by atoms with Crippen LogP contribution in [-0.4, -0.2) is 57.4 Å². The molecule has 2 unspecified atom stereocenters. The number of hydrogen-bond acceptors (Lipinski definition) is 6. The van der Waals surface area contributed by atoms with Gasteiger partial charge in [0.2, 0.25) is 11.8 Å². The van der Waals surface area contributed by atoms with Gasteiger partial charge in [-0.2, -0.15) is 12.6 Å². The Hall–Kier alpha value is -2.42. The molecule has 1 aromatic rings. The number of phenolic OH excluding ortho intramolecular Hbond substituents is 1. The van der Waals surface area contributed by atoms with Crippen molar-refractivity contribution >= 4 is 30.5 Å². The SMILES string of the molecule is CC(C)NC(=O)C(c1ccccc1O)N(C(=O)C(CS)NC(=O)OC(C)(C)C)C1CCC1. The maximum atomic E-state index is 13.7. The molecule has 1 fully saturated rings.